The Morgan fingerprint density at radius 2 is 1.95 bits per heavy atom. The van der Waals surface area contributed by atoms with Crippen LogP contribution < -0.4 is 5.73 Å². The second kappa shape index (κ2) is 6.08. The van der Waals surface area contributed by atoms with E-state index in [0.717, 1.165) is 5.56 Å². The molecule has 1 aliphatic rings. The highest BCUT2D eigenvalue weighted by Crippen LogP contribution is 2.22. The molecule has 1 heterocycles. The Balaban J connectivity index is 2.03. The summed E-state index contributed by atoms with van der Waals surface area (Å²) in [6.45, 7) is 3.34. The molecule has 1 aromatic carbocycles. The van der Waals surface area contributed by atoms with Crippen molar-refractivity contribution < 1.29 is 9.90 Å². The fourth-order valence-corrected chi connectivity index (χ4v) is 2.22. The summed E-state index contributed by atoms with van der Waals surface area (Å²) in [4.78, 5) is 14.1. The molecule has 1 aliphatic heterocycles. The highest BCUT2D eigenvalue weighted by molar-refractivity contribution is 5.94. The molecule has 2 rings (SSSR count). The van der Waals surface area contributed by atoms with Crippen molar-refractivity contribution >= 4 is 5.91 Å². The van der Waals surface area contributed by atoms with E-state index in [1.54, 1.807) is 17.0 Å². The van der Waals surface area contributed by atoms with Crippen LogP contribution in [0.2, 0.25) is 0 Å². The van der Waals surface area contributed by atoms with Gasteiger partial charge in [0.05, 0.1) is 12.1 Å². The smallest absolute Gasteiger partial charge is 0.253 e. The third kappa shape index (κ3) is 3.60. The Morgan fingerprint density at radius 3 is 2.50 bits per heavy atom. The molecule has 20 heavy (non-hydrogen) atoms. The van der Waals surface area contributed by atoms with Crippen molar-refractivity contribution in [3.63, 3.8) is 0 Å². The van der Waals surface area contributed by atoms with E-state index in [1.807, 2.05) is 19.1 Å². The number of piperidine rings is 1. The first kappa shape index (κ1) is 14.6. The summed E-state index contributed by atoms with van der Waals surface area (Å²) < 4.78 is 0. The van der Waals surface area contributed by atoms with Crippen LogP contribution in [-0.2, 0) is 0 Å². The highest BCUT2D eigenvalue weighted by Gasteiger charge is 2.29. The number of hydrogen-bond donors (Lipinski definition) is 2. The van der Waals surface area contributed by atoms with Crippen molar-refractivity contribution in [2.75, 3.05) is 19.6 Å². The predicted octanol–water partition coefficient (Wildman–Crippen LogP) is 0.984. The molecule has 4 nitrogen and oxygen atoms in total. The predicted molar refractivity (Wildman–Crippen MR) is 78.1 cm³/mol. The molecule has 0 aliphatic carbocycles. The Kier molecular flexibility index (Phi) is 4.43. The van der Waals surface area contributed by atoms with E-state index < -0.39 is 5.60 Å². The van der Waals surface area contributed by atoms with E-state index in [9.17, 15) is 9.90 Å². The van der Waals surface area contributed by atoms with E-state index in [2.05, 4.69) is 11.8 Å². The van der Waals surface area contributed by atoms with Crippen molar-refractivity contribution in [2.45, 2.75) is 25.4 Å². The second-order valence-electron chi connectivity index (χ2n) is 5.37. The Morgan fingerprint density at radius 1 is 1.35 bits per heavy atom. The number of rotatable bonds is 1. The summed E-state index contributed by atoms with van der Waals surface area (Å²) in [5.41, 5.74) is 6.19. The number of aliphatic hydroxyl groups is 1. The third-order valence-electron chi connectivity index (χ3n) is 3.59. The molecule has 1 aromatic rings. The lowest BCUT2D eigenvalue weighted by atomic mass is 9.93. The van der Waals surface area contributed by atoms with Gasteiger partial charge in [-0.15, -0.1) is 0 Å². The molecule has 0 spiro atoms. The number of nitrogens with zero attached hydrogens (tertiary/aromatic N) is 1. The van der Waals surface area contributed by atoms with Crippen LogP contribution in [0.1, 0.15) is 35.7 Å². The molecule has 0 unspecified atom stereocenters. The van der Waals surface area contributed by atoms with Crippen LogP contribution in [0.25, 0.3) is 0 Å². The number of carbonyl (C=O) groups is 1. The number of likely N-dealkylation sites (tertiary alicyclic amines) is 1. The van der Waals surface area contributed by atoms with Gasteiger partial charge in [0, 0.05) is 24.2 Å². The summed E-state index contributed by atoms with van der Waals surface area (Å²) in [6.07, 6.45) is 1.25. The van der Waals surface area contributed by atoms with Crippen LogP contribution in [0.5, 0.6) is 0 Å². The van der Waals surface area contributed by atoms with Crippen molar-refractivity contribution in [2.24, 2.45) is 5.73 Å². The van der Waals surface area contributed by atoms with Crippen molar-refractivity contribution in [3.05, 3.63) is 35.4 Å². The van der Waals surface area contributed by atoms with Crippen LogP contribution in [0.3, 0.4) is 0 Å². The summed E-state index contributed by atoms with van der Waals surface area (Å²) >= 11 is 0. The molecular weight excluding hydrogens is 252 g/mol. The van der Waals surface area contributed by atoms with Gasteiger partial charge in [-0.2, -0.15) is 0 Å². The monoisotopic (exact) mass is 272 g/mol. The quantitative estimate of drug-likeness (QED) is 0.749. The van der Waals surface area contributed by atoms with Gasteiger partial charge in [-0.1, -0.05) is 11.8 Å². The zero-order valence-electron chi connectivity index (χ0n) is 11.7. The largest absolute Gasteiger partial charge is 0.390 e. The fourth-order valence-electron chi connectivity index (χ4n) is 2.22. The van der Waals surface area contributed by atoms with E-state index in [0.29, 0.717) is 38.0 Å². The Hall–Kier alpha value is -1.83. The molecule has 1 saturated heterocycles. The molecule has 0 aromatic heterocycles. The highest BCUT2D eigenvalue weighted by atomic mass is 16.3. The molecule has 0 radical (unpaired) electrons. The number of benzene rings is 1. The van der Waals surface area contributed by atoms with E-state index in [1.165, 1.54) is 0 Å². The van der Waals surface area contributed by atoms with E-state index in [4.69, 9.17) is 5.73 Å². The molecule has 3 N–H and O–H groups in total. The van der Waals surface area contributed by atoms with Crippen molar-refractivity contribution in [1.82, 2.24) is 4.90 Å². The molecule has 1 amide bonds. The van der Waals surface area contributed by atoms with Crippen LogP contribution in [-0.4, -0.2) is 41.1 Å². The normalized spacial score (nSPS) is 17.2. The molecule has 106 valence electrons. The van der Waals surface area contributed by atoms with Crippen LogP contribution in [0.4, 0.5) is 0 Å². The van der Waals surface area contributed by atoms with Gasteiger partial charge < -0.3 is 15.7 Å². The topological polar surface area (TPSA) is 66.6 Å². The summed E-state index contributed by atoms with van der Waals surface area (Å²) in [6, 6.07) is 7.23. The van der Waals surface area contributed by atoms with Gasteiger partial charge in [0.2, 0.25) is 0 Å². The third-order valence-corrected chi connectivity index (χ3v) is 3.59. The minimum Gasteiger partial charge on any atom is -0.390 e. The molecule has 4 heteroatoms. The molecule has 0 atom stereocenters. The first-order chi connectivity index (χ1) is 9.52. The second-order valence-corrected chi connectivity index (χ2v) is 5.37. The standard InChI is InChI=1S/C16H20N2O2/c1-16(20)8-11-18(12-9-16)15(19)14-6-4-13(5-7-14)3-2-10-17/h4-7,20H,8-12,17H2,1H3. The van der Waals surface area contributed by atoms with Gasteiger partial charge in [0.1, 0.15) is 0 Å². The maximum atomic E-state index is 12.3. The molecule has 1 fully saturated rings. The average Bonchev–Trinajstić information content (AvgIpc) is 2.45. The maximum Gasteiger partial charge on any atom is 0.253 e. The van der Waals surface area contributed by atoms with Crippen LogP contribution in [0, 0.1) is 11.8 Å². The summed E-state index contributed by atoms with van der Waals surface area (Å²) in [5.74, 6) is 5.72. The first-order valence-corrected chi connectivity index (χ1v) is 6.82. The lowest BCUT2D eigenvalue weighted by Crippen LogP contribution is -2.45. The summed E-state index contributed by atoms with van der Waals surface area (Å²) in [5, 5.41) is 9.90. The van der Waals surface area contributed by atoms with Crippen molar-refractivity contribution in [3.8, 4) is 11.8 Å². The minimum atomic E-state index is -0.640. The number of amides is 1. The van der Waals surface area contributed by atoms with E-state index >= 15 is 0 Å². The minimum absolute atomic E-state index is 0.0128. The zero-order chi connectivity index (χ0) is 14.6. The average molecular weight is 272 g/mol. The summed E-state index contributed by atoms with van der Waals surface area (Å²) in [7, 11) is 0. The van der Waals surface area contributed by atoms with Crippen molar-refractivity contribution in [1.29, 1.82) is 0 Å². The van der Waals surface area contributed by atoms with Gasteiger partial charge in [-0.25, -0.2) is 0 Å². The molecular formula is C16H20N2O2. The Labute approximate surface area is 119 Å². The zero-order valence-corrected chi connectivity index (χ0v) is 11.7. The van der Waals surface area contributed by atoms with Gasteiger partial charge in [0.25, 0.3) is 5.91 Å². The molecule has 0 bridgehead atoms. The number of nitrogens with two attached hydrogens (primary N) is 1. The maximum absolute atomic E-state index is 12.3. The SMILES string of the molecule is CC1(O)CCN(C(=O)c2ccc(C#CCN)cc2)CC1. The van der Waals surface area contributed by atoms with Gasteiger partial charge in [0.15, 0.2) is 0 Å². The van der Waals surface area contributed by atoms with Gasteiger partial charge in [-0.05, 0) is 44.0 Å². The number of hydrogen-bond acceptors (Lipinski definition) is 3. The van der Waals surface area contributed by atoms with Crippen LogP contribution >= 0.6 is 0 Å². The van der Waals surface area contributed by atoms with E-state index in [-0.39, 0.29) is 5.91 Å². The first-order valence-electron chi connectivity index (χ1n) is 6.82. The van der Waals surface area contributed by atoms with Gasteiger partial charge >= 0.3 is 0 Å². The molecule has 0 saturated carbocycles. The fraction of sp³-hybridized carbons (Fsp3) is 0.438. The van der Waals surface area contributed by atoms with Gasteiger partial charge in [-0.3, -0.25) is 4.79 Å². The van der Waals surface area contributed by atoms with Crippen LogP contribution in [0.15, 0.2) is 24.3 Å². The lowest BCUT2D eigenvalue weighted by Gasteiger charge is -2.35. The lowest BCUT2D eigenvalue weighted by molar-refractivity contribution is -0.00202. The Bertz CT molecular complexity index is 528. The number of carbonyl (C=O) groups excluding carboxylic acids is 1.